The van der Waals surface area contributed by atoms with Crippen LogP contribution < -0.4 is 5.73 Å². The molecule has 0 aliphatic heterocycles. The fourth-order valence-electron chi connectivity index (χ4n) is 3.05. The third-order valence-electron chi connectivity index (χ3n) is 4.13. The molecule has 0 aromatic carbocycles. The summed E-state index contributed by atoms with van der Waals surface area (Å²) >= 11 is 0. The second-order valence-electron chi connectivity index (χ2n) is 4.71. The van der Waals surface area contributed by atoms with E-state index in [0.717, 1.165) is 25.6 Å². The highest BCUT2D eigenvalue weighted by Crippen LogP contribution is 2.36. The van der Waals surface area contributed by atoms with E-state index in [-0.39, 0.29) is 5.54 Å². The lowest BCUT2D eigenvalue weighted by molar-refractivity contribution is 0.0653. The van der Waals surface area contributed by atoms with Gasteiger partial charge in [-0.05, 0) is 38.8 Å². The van der Waals surface area contributed by atoms with Gasteiger partial charge in [0, 0.05) is 12.1 Å². The standard InChI is InChI=1S/C12H26N2/c1-4-14(5-2)12(3,10-13)11-8-6-7-9-11/h11H,4-10,13H2,1-3H3. The molecule has 0 heterocycles. The summed E-state index contributed by atoms with van der Waals surface area (Å²) in [4.78, 5) is 2.54. The van der Waals surface area contributed by atoms with Crippen molar-refractivity contribution in [1.29, 1.82) is 0 Å². The SMILES string of the molecule is CCN(CC)C(C)(CN)C1CCCC1. The monoisotopic (exact) mass is 198 g/mol. The van der Waals surface area contributed by atoms with Gasteiger partial charge in [0.1, 0.15) is 0 Å². The van der Waals surface area contributed by atoms with Gasteiger partial charge in [0.15, 0.2) is 0 Å². The predicted octanol–water partition coefficient (Wildman–Crippen LogP) is 2.24. The van der Waals surface area contributed by atoms with Crippen molar-refractivity contribution >= 4 is 0 Å². The highest BCUT2D eigenvalue weighted by Gasteiger charge is 2.38. The molecule has 1 saturated carbocycles. The molecule has 0 saturated heterocycles. The molecule has 2 N–H and O–H groups in total. The summed E-state index contributed by atoms with van der Waals surface area (Å²) in [5.74, 6) is 0.826. The number of rotatable bonds is 5. The Morgan fingerprint density at radius 1 is 1.21 bits per heavy atom. The highest BCUT2D eigenvalue weighted by atomic mass is 15.2. The van der Waals surface area contributed by atoms with Crippen LogP contribution >= 0.6 is 0 Å². The number of likely N-dealkylation sites (N-methyl/N-ethyl adjacent to an activating group) is 1. The van der Waals surface area contributed by atoms with E-state index in [2.05, 4.69) is 25.7 Å². The molecule has 0 amide bonds. The quantitative estimate of drug-likeness (QED) is 0.734. The van der Waals surface area contributed by atoms with Crippen LogP contribution in [0.5, 0.6) is 0 Å². The van der Waals surface area contributed by atoms with Crippen LogP contribution in [-0.4, -0.2) is 30.1 Å². The van der Waals surface area contributed by atoms with Gasteiger partial charge in [0.2, 0.25) is 0 Å². The van der Waals surface area contributed by atoms with Gasteiger partial charge >= 0.3 is 0 Å². The number of nitrogens with zero attached hydrogens (tertiary/aromatic N) is 1. The van der Waals surface area contributed by atoms with Crippen molar-refractivity contribution in [3.8, 4) is 0 Å². The fraction of sp³-hybridized carbons (Fsp3) is 1.00. The number of hydrogen-bond acceptors (Lipinski definition) is 2. The first-order valence-electron chi connectivity index (χ1n) is 6.14. The molecule has 1 rings (SSSR count). The lowest BCUT2D eigenvalue weighted by atomic mass is 9.82. The first-order valence-corrected chi connectivity index (χ1v) is 6.14. The van der Waals surface area contributed by atoms with Crippen molar-refractivity contribution in [3.05, 3.63) is 0 Å². The summed E-state index contributed by atoms with van der Waals surface area (Å²) in [7, 11) is 0. The van der Waals surface area contributed by atoms with Crippen LogP contribution in [0, 0.1) is 5.92 Å². The van der Waals surface area contributed by atoms with E-state index in [1.54, 1.807) is 0 Å². The Kier molecular flexibility index (Phi) is 4.39. The normalized spacial score (nSPS) is 22.9. The maximum atomic E-state index is 6.00. The van der Waals surface area contributed by atoms with Gasteiger partial charge in [0.05, 0.1) is 0 Å². The van der Waals surface area contributed by atoms with Gasteiger partial charge in [-0.2, -0.15) is 0 Å². The Labute approximate surface area is 88.8 Å². The van der Waals surface area contributed by atoms with Gasteiger partial charge in [-0.3, -0.25) is 4.90 Å². The number of hydrogen-bond donors (Lipinski definition) is 1. The maximum Gasteiger partial charge on any atom is 0.0331 e. The van der Waals surface area contributed by atoms with Crippen molar-refractivity contribution in [3.63, 3.8) is 0 Å². The minimum Gasteiger partial charge on any atom is -0.329 e. The van der Waals surface area contributed by atoms with Crippen LogP contribution in [0.1, 0.15) is 46.5 Å². The molecule has 1 aliphatic rings. The first kappa shape index (κ1) is 12.0. The van der Waals surface area contributed by atoms with Crippen molar-refractivity contribution in [2.45, 2.75) is 52.0 Å². The van der Waals surface area contributed by atoms with E-state index in [1.807, 2.05) is 0 Å². The summed E-state index contributed by atoms with van der Waals surface area (Å²) in [5, 5.41) is 0. The van der Waals surface area contributed by atoms with Crippen LogP contribution in [0.4, 0.5) is 0 Å². The largest absolute Gasteiger partial charge is 0.329 e. The zero-order valence-electron chi connectivity index (χ0n) is 10.1. The minimum absolute atomic E-state index is 0.250. The van der Waals surface area contributed by atoms with Gasteiger partial charge < -0.3 is 5.73 Å². The molecule has 2 nitrogen and oxygen atoms in total. The molecule has 0 aromatic heterocycles. The van der Waals surface area contributed by atoms with Crippen molar-refractivity contribution in [2.24, 2.45) is 11.7 Å². The van der Waals surface area contributed by atoms with Crippen LogP contribution in [0.25, 0.3) is 0 Å². The van der Waals surface area contributed by atoms with Gasteiger partial charge in [-0.1, -0.05) is 26.7 Å². The topological polar surface area (TPSA) is 29.3 Å². The summed E-state index contributed by atoms with van der Waals surface area (Å²) in [6.45, 7) is 9.90. The maximum absolute atomic E-state index is 6.00. The van der Waals surface area contributed by atoms with Crippen LogP contribution in [0.3, 0.4) is 0 Å². The van der Waals surface area contributed by atoms with E-state index >= 15 is 0 Å². The predicted molar refractivity (Wildman–Crippen MR) is 62.3 cm³/mol. The molecule has 0 spiro atoms. The third-order valence-corrected chi connectivity index (χ3v) is 4.13. The minimum atomic E-state index is 0.250. The molecule has 2 heteroatoms. The molecule has 1 unspecified atom stereocenters. The summed E-state index contributed by atoms with van der Waals surface area (Å²) in [6.07, 6.45) is 5.57. The number of nitrogens with two attached hydrogens (primary N) is 1. The Bertz CT molecular complexity index is 156. The average molecular weight is 198 g/mol. The van der Waals surface area contributed by atoms with Crippen LogP contribution in [0.2, 0.25) is 0 Å². The van der Waals surface area contributed by atoms with Gasteiger partial charge in [0.25, 0.3) is 0 Å². The average Bonchev–Trinajstić information content (AvgIpc) is 2.72. The molecular formula is C12H26N2. The second-order valence-corrected chi connectivity index (χ2v) is 4.71. The third kappa shape index (κ3) is 2.12. The van der Waals surface area contributed by atoms with Gasteiger partial charge in [-0.15, -0.1) is 0 Å². The van der Waals surface area contributed by atoms with Crippen LogP contribution in [0.15, 0.2) is 0 Å². The molecule has 0 aromatic rings. The molecule has 84 valence electrons. The van der Waals surface area contributed by atoms with Crippen molar-refractivity contribution in [2.75, 3.05) is 19.6 Å². The molecule has 14 heavy (non-hydrogen) atoms. The Hall–Kier alpha value is -0.0800. The van der Waals surface area contributed by atoms with E-state index in [9.17, 15) is 0 Å². The van der Waals surface area contributed by atoms with E-state index in [1.165, 1.54) is 25.7 Å². The molecule has 1 aliphatic carbocycles. The summed E-state index contributed by atoms with van der Waals surface area (Å²) in [5.41, 5.74) is 6.25. The van der Waals surface area contributed by atoms with Gasteiger partial charge in [-0.25, -0.2) is 0 Å². The fourth-order valence-corrected chi connectivity index (χ4v) is 3.05. The van der Waals surface area contributed by atoms with Crippen molar-refractivity contribution in [1.82, 2.24) is 4.90 Å². The lowest BCUT2D eigenvalue weighted by Crippen LogP contribution is -2.55. The zero-order chi connectivity index (χ0) is 10.6. The van der Waals surface area contributed by atoms with Crippen LogP contribution in [-0.2, 0) is 0 Å². The Balaban J connectivity index is 2.71. The molecular weight excluding hydrogens is 172 g/mol. The smallest absolute Gasteiger partial charge is 0.0331 e. The second kappa shape index (κ2) is 5.13. The summed E-state index contributed by atoms with van der Waals surface area (Å²) < 4.78 is 0. The Morgan fingerprint density at radius 3 is 2.07 bits per heavy atom. The lowest BCUT2D eigenvalue weighted by Gasteiger charge is -2.44. The molecule has 1 fully saturated rings. The first-order chi connectivity index (χ1) is 6.69. The Morgan fingerprint density at radius 2 is 1.71 bits per heavy atom. The molecule has 1 atom stereocenters. The van der Waals surface area contributed by atoms with E-state index in [4.69, 9.17) is 5.73 Å². The van der Waals surface area contributed by atoms with Crippen molar-refractivity contribution < 1.29 is 0 Å². The molecule has 0 bridgehead atoms. The van der Waals surface area contributed by atoms with E-state index in [0.29, 0.717) is 0 Å². The summed E-state index contributed by atoms with van der Waals surface area (Å²) in [6, 6.07) is 0. The highest BCUT2D eigenvalue weighted by molar-refractivity contribution is 4.95. The van der Waals surface area contributed by atoms with E-state index < -0.39 is 0 Å². The zero-order valence-corrected chi connectivity index (χ0v) is 10.1. The molecule has 0 radical (unpaired) electrons.